The highest BCUT2D eigenvalue weighted by Crippen LogP contribution is 1.62. The Bertz CT molecular complexity index is 140. The topological polar surface area (TPSA) is 85.2 Å². The molecule has 0 saturated heterocycles. The van der Waals surface area contributed by atoms with Gasteiger partial charge in [-0.3, -0.25) is 0 Å². The van der Waals surface area contributed by atoms with Gasteiger partial charge in [-0.05, 0) is 0 Å². The molecular formula is C5H9N3O2. The summed E-state index contributed by atoms with van der Waals surface area (Å²) in [6.45, 7) is 0.0918. The molecule has 0 aromatic carbocycles. The average Bonchev–Trinajstić information content (AvgIpc) is 1.97. The zero-order chi connectivity index (χ0) is 7.82. The summed E-state index contributed by atoms with van der Waals surface area (Å²) in [6, 6.07) is 1.31. The predicted molar refractivity (Wildman–Crippen MR) is 34.1 cm³/mol. The summed E-state index contributed by atoms with van der Waals surface area (Å²) in [4.78, 5) is 10.5. The van der Waals surface area contributed by atoms with Gasteiger partial charge in [0.25, 0.3) is 0 Å². The largest absolute Gasteiger partial charge is 0.395 e. The van der Waals surface area contributed by atoms with Crippen molar-refractivity contribution in [2.45, 2.75) is 0 Å². The number of rotatable bonds is 3. The van der Waals surface area contributed by atoms with E-state index >= 15 is 0 Å². The summed E-state index contributed by atoms with van der Waals surface area (Å²) in [7, 11) is 0. The van der Waals surface area contributed by atoms with Crippen molar-refractivity contribution in [3.8, 4) is 6.07 Å². The molecule has 56 valence electrons. The van der Waals surface area contributed by atoms with Gasteiger partial charge in [0.05, 0.1) is 12.7 Å². The van der Waals surface area contributed by atoms with E-state index in [2.05, 4.69) is 10.6 Å². The minimum absolute atomic E-state index is 0.0166. The highest BCUT2D eigenvalue weighted by Gasteiger charge is 1.94. The van der Waals surface area contributed by atoms with Crippen LogP contribution in [0.3, 0.4) is 0 Å². The minimum atomic E-state index is -0.435. The number of carbonyl (C=O) groups excluding carboxylic acids is 1. The fourth-order valence-corrected chi connectivity index (χ4v) is 0.352. The van der Waals surface area contributed by atoms with Crippen LogP contribution in [-0.4, -0.2) is 30.8 Å². The van der Waals surface area contributed by atoms with Gasteiger partial charge in [-0.2, -0.15) is 5.26 Å². The van der Waals surface area contributed by atoms with Crippen LogP contribution in [0.5, 0.6) is 0 Å². The van der Waals surface area contributed by atoms with E-state index in [4.69, 9.17) is 10.4 Å². The second kappa shape index (κ2) is 5.85. The molecule has 0 bridgehead atoms. The number of nitrogens with zero attached hydrogens (tertiary/aromatic N) is 1. The van der Waals surface area contributed by atoms with Crippen molar-refractivity contribution in [3.05, 3.63) is 0 Å². The van der Waals surface area contributed by atoms with E-state index in [-0.39, 0.29) is 19.7 Å². The van der Waals surface area contributed by atoms with E-state index in [1.807, 2.05) is 0 Å². The Labute approximate surface area is 58.6 Å². The van der Waals surface area contributed by atoms with E-state index < -0.39 is 6.03 Å². The first-order valence-electron chi connectivity index (χ1n) is 2.80. The second-order valence-corrected chi connectivity index (χ2v) is 1.49. The van der Waals surface area contributed by atoms with Crippen molar-refractivity contribution in [1.82, 2.24) is 10.6 Å². The maximum atomic E-state index is 10.5. The number of nitriles is 1. The SMILES string of the molecule is N#CCNC(=O)NCCO. The van der Waals surface area contributed by atoms with Crippen LogP contribution in [0.1, 0.15) is 0 Å². The zero-order valence-corrected chi connectivity index (χ0v) is 5.42. The van der Waals surface area contributed by atoms with Crippen molar-refractivity contribution in [2.75, 3.05) is 19.7 Å². The van der Waals surface area contributed by atoms with Gasteiger partial charge in [-0.1, -0.05) is 0 Å². The summed E-state index contributed by atoms with van der Waals surface area (Å²) in [6.07, 6.45) is 0. The van der Waals surface area contributed by atoms with E-state index in [9.17, 15) is 4.79 Å². The van der Waals surface area contributed by atoms with Crippen LogP contribution in [0.2, 0.25) is 0 Å². The molecule has 10 heavy (non-hydrogen) atoms. The molecule has 3 N–H and O–H groups in total. The number of hydrogen-bond acceptors (Lipinski definition) is 3. The summed E-state index contributed by atoms with van der Waals surface area (Å²) in [5.41, 5.74) is 0. The van der Waals surface area contributed by atoms with E-state index in [1.165, 1.54) is 0 Å². The molecule has 5 nitrogen and oxygen atoms in total. The molecule has 0 saturated carbocycles. The molecule has 0 spiro atoms. The van der Waals surface area contributed by atoms with Crippen LogP contribution in [0.25, 0.3) is 0 Å². The molecule has 0 heterocycles. The Morgan fingerprint density at radius 2 is 2.30 bits per heavy atom. The van der Waals surface area contributed by atoms with E-state index in [1.54, 1.807) is 6.07 Å². The Morgan fingerprint density at radius 1 is 1.60 bits per heavy atom. The summed E-state index contributed by atoms with van der Waals surface area (Å²) in [5, 5.41) is 20.8. The first-order chi connectivity index (χ1) is 4.81. The first-order valence-corrected chi connectivity index (χ1v) is 2.80. The molecule has 0 radical (unpaired) electrons. The molecule has 0 aliphatic rings. The standard InChI is InChI=1S/C5H9N3O2/c6-1-2-7-5(10)8-3-4-9/h9H,2-4H2,(H2,7,8,10). The quantitative estimate of drug-likeness (QED) is 0.434. The average molecular weight is 143 g/mol. The van der Waals surface area contributed by atoms with Crippen LogP contribution >= 0.6 is 0 Å². The summed E-state index contributed by atoms with van der Waals surface area (Å²) < 4.78 is 0. The Balaban J connectivity index is 3.19. The van der Waals surface area contributed by atoms with Crippen molar-refractivity contribution in [3.63, 3.8) is 0 Å². The Morgan fingerprint density at radius 3 is 2.80 bits per heavy atom. The highest BCUT2D eigenvalue weighted by atomic mass is 16.3. The number of urea groups is 1. The normalized spacial score (nSPS) is 8.00. The number of aliphatic hydroxyl groups is 1. The van der Waals surface area contributed by atoms with Gasteiger partial charge in [0.15, 0.2) is 0 Å². The van der Waals surface area contributed by atoms with Crippen LogP contribution in [-0.2, 0) is 0 Å². The Kier molecular flexibility index (Phi) is 5.10. The van der Waals surface area contributed by atoms with Crippen molar-refractivity contribution >= 4 is 6.03 Å². The lowest BCUT2D eigenvalue weighted by molar-refractivity contribution is 0.235. The zero-order valence-electron chi connectivity index (χ0n) is 5.42. The maximum absolute atomic E-state index is 10.5. The monoisotopic (exact) mass is 143 g/mol. The lowest BCUT2D eigenvalue weighted by atomic mass is 10.6. The van der Waals surface area contributed by atoms with Gasteiger partial charge in [-0.25, -0.2) is 4.79 Å². The lowest BCUT2D eigenvalue weighted by Crippen LogP contribution is -2.37. The second-order valence-electron chi connectivity index (χ2n) is 1.49. The van der Waals surface area contributed by atoms with Crippen LogP contribution in [0.4, 0.5) is 4.79 Å². The van der Waals surface area contributed by atoms with Gasteiger partial charge in [0.2, 0.25) is 0 Å². The van der Waals surface area contributed by atoms with Gasteiger partial charge in [-0.15, -0.1) is 0 Å². The number of aliphatic hydroxyl groups excluding tert-OH is 1. The van der Waals surface area contributed by atoms with Gasteiger partial charge in [0, 0.05) is 6.54 Å². The van der Waals surface area contributed by atoms with Gasteiger partial charge >= 0.3 is 6.03 Å². The number of nitrogens with one attached hydrogen (secondary N) is 2. The molecule has 0 unspecified atom stereocenters. The number of hydrogen-bond donors (Lipinski definition) is 3. The summed E-state index contributed by atoms with van der Waals surface area (Å²) in [5.74, 6) is 0. The first kappa shape index (κ1) is 8.72. The van der Waals surface area contributed by atoms with Crippen molar-refractivity contribution < 1.29 is 9.90 Å². The highest BCUT2D eigenvalue weighted by molar-refractivity contribution is 5.73. The molecule has 0 aromatic rings. The fourth-order valence-electron chi connectivity index (χ4n) is 0.352. The smallest absolute Gasteiger partial charge is 0.315 e. The van der Waals surface area contributed by atoms with Crippen LogP contribution in [0.15, 0.2) is 0 Å². The third-order valence-electron chi connectivity index (χ3n) is 0.725. The van der Waals surface area contributed by atoms with E-state index in [0.717, 1.165) is 0 Å². The van der Waals surface area contributed by atoms with Crippen LogP contribution < -0.4 is 10.6 Å². The fraction of sp³-hybridized carbons (Fsp3) is 0.600. The van der Waals surface area contributed by atoms with Crippen LogP contribution in [0, 0.1) is 11.3 Å². The van der Waals surface area contributed by atoms with E-state index in [0.29, 0.717) is 0 Å². The third kappa shape index (κ3) is 4.87. The third-order valence-corrected chi connectivity index (χ3v) is 0.725. The molecule has 2 amide bonds. The molecule has 0 aromatic heterocycles. The summed E-state index contributed by atoms with van der Waals surface area (Å²) >= 11 is 0. The van der Waals surface area contributed by atoms with Gasteiger partial charge < -0.3 is 15.7 Å². The maximum Gasteiger partial charge on any atom is 0.315 e. The molecule has 0 atom stereocenters. The molecule has 0 aliphatic carbocycles. The number of amides is 2. The molecule has 5 heteroatoms. The molecular weight excluding hydrogens is 134 g/mol. The molecule has 0 fully saturated rings. The minimum Gasteiger partial charge on any atom is -0.395 e. The number of carbonyl (C=O) groups is 1. The van der Waals surface area contributed by atoms with Crippen molar-refractivity contribution in [1.29, 1.82) is 5.26 Å². The Hall–Kier alpha value is -1.28. The van der Waals surface area contributed by atoms with Crippen molar-refractivity contribution in [2.24, 2.45) is 0 Å². The molecule has 0 aliphatic heterocycles. The predicted octanol–water partition coefficient (Wildman–Crippen LogP) is -1.20. The van der Waals surface area contributed by atoms with Gasteiger partial charge in [0.1, 0.15) is 6.54 Å². The molecule has 0 rings (SSSR count). The lowest BCUT2D eigenvalue weighted by Gasteiger charge is -2.00.